The van der Waals surface area contributed by atoms with Crippen LogP contribution < -0.4 is 10.6 Å². The number of amides is 2. The Morgan fingerprint density at radius 1 is 1.64 bits per heavy atom. The average molecular weight is 174 g/mol. The third-order valence-corrected chi connectivity index (χ3v) is 1.96. The molecule has 0 fully saturated rings. The minimum Gasteiger partial charge on any atom is -0.421 e. The lowest BCUT2D eigenvalue weighted by Crippen LogP contribution is -2.33. The highest BCUT2D eigenvalue weighted by Gasteiger charge is 1.94. The molecule has 5 heteroatoms. The molecule has 0 saturated carbocycles. The summed E-state index contributed by atoms with van der Waals surface area (Å²) in [7, 11) is 3.84. The Kier molecular flexibility index (Phi) is 7.17. The maximum atomic E-state index is 10.6. The van der Waals surface area contributed by atoms with Crippen molar-refractivity contribution in [1.29, 1.82) is 0 Å². The largest absolute Gasteiger partial charge is 0.421 e. The molecule has 0 aliphatic heterocycles. The molecule has 0 aromatic rings. The molecule has 64 valence electrons. The topological polar surface area (TPSA) is 50.4 Å². The molecule has 0 aliphatic carbocycles. The first-order chi connectivity index (χ1) is 5.31. The van der Waals surface area contributed by atoms with Gasteiger partial charge in [0.25, 0.3) is 0 Å². The zero-order chi connectivity index (χ0) is 8.53. The van der Waals surface area contributed by atoms with Crippen LogP contribution in [0.15, 0.2) is 0 Å². The van der Waals surface area contributed by atoms with Gasteiger partial charge in [-0.3, -0.25) is 0 Å². The summed E-state index contributed by atoms with van der Waals surface area (Å²) in [6.07, 6.45) is 0.972. The second kappa shape index (κ2) is 7.55. The van der Waals surface area contributed by atoms with E-state index in [1.807, 2.05) is 0 Å². The van der Waals surface area contributed by atoms with Crippen LogP contribution in [0.2, 0.25) is 6.04 Å². The predicted octanol–water partition coefficient (Wildman–Crippen LogP) is -0.0106. The monoisotopic (exact) mass is 174 g/mol. The molecule has 2 N–H and O–H groups in total. The van der Waals surface area contributed by atoms with Gasteiger partial charge >= 0.3 is 6.03 Å². The molecule has 0 heterocycles. The van der Waals surface area contributed by atoms with Gasteiger partial charge in [0, 0.05) is 20.7 Å². The molecule has 0 spiro atoms. The highest BCUT2D eigenvalue weighted by molar-refractivity contribution is 6.26. The Morgan fingerprint density at radius 3 is 2.91 bits per heavy atom. The molecule has 2 amide bonds. The minimum atomic E-state index is -0.120. The third-order valence-electron chi connectivity index (χ3n) is 1.11. The first kappa shape index (κ1) is 10.4. The molecular formula is C6H14N2O2Si. The SMILES string of the molecule is CNC(=O)NCCC[Si]OC. The highest BCUT2D eigenvalue weighted by Crippen LogP contribution is 1.85. The molecule has 0 saturated heterocycles. The quantitative estimate of drug-likeness (QED) is 0.455. The van der Waals surface area contributed by atoms with Gasteiger partial charge in [-0.1, -0.05) is 0 Å². The van der Waals surface area contributed by atoms with Crippen LogP contribution in [0.4, 0.5) is 4.79 Å². The van der Waals surface area contributed by atoms with Crippen molar-refractivity contribution in [2.45, 2.75) is 12.5 Å². The Bertz CT molecular complexity index is 111. The normalized spacial score (nSPS) is 9.27. The summed E-state index contributed by atoms with van der Waals surface area (Å²) in [5.74, 6) is 0. The van der Waals surface area contributed by atoms with E-state index in [4.69, 9.17) is 4.43 Å². The summed E-state index contributed by atoms with van der Waals surface area (Å²) < 4.78 is 4.87. The van der Waals surface area contributed by atoms with Crippen LogP contribution >= 0.6 is 0 Å². The van der Waals surface area contributed by atoms with Crippen molar-refractivity contribution < 1.29 is 9.22 Å². The van der Waals surface area contributed by atoms with Crippen LogP contribution in [0.25, 0.3) is 0 Å². The van der Waals surface area contributed by atoms with Gasteiger partial charge in [-0.25, -0.2) is 4.79 Å². The number of rotatable bonds is 5. The number of carbonyl (C=O) groups excluding carboxylic acids is 1. The van der Waals surface area contributed by atoms with E-state index in [1.165, 1.54) is 0 Å². The lowest BCUT2D eigenvalue weighted by atomic mass is 10.5. The smallest absolute Gasteiger partial charge is 0.314 e. The van der Waals surface area contributed by atoms with Gasteiger partial charge in [0.2, 0.25) is 9.76 Å². The summed E-state index contributed by atoms with van der Waals surface area (Å²) >= 11 is 0. The molecule has 4 nitrogen and oxygen atoms in total. The Morgan fingerprint density at radius 2 is 2.36 bits per heavy atom. The van der Waals surface area contributed by atoms with Crippen LogP contribution in [-0.4, -0.2) is 36.5 Å². The lowest BCUT2D eigenvalue weighted by molar-refractivity contribution is 0.243. The van der Waals surface area contributed by atoms with Crippen LogP contribution in [-0.2, 0) is 4.43 Å². The molecule has 0 rings (SSSR count). The van der Waals surface area contributed by atoms with Gasteiger partial charge in [-0.2, -0.15) is 0 Å². The zero-order valence-corrected chi connectivity index (χ0v) is 7.94. The van der Waals surface area contributed by atoms with E-state index in [0.717, 1.165) is 19.0 Å². The number of hydrogen-bond donors (Lipinski definition) is 2. The Balaban J connectivity index is 2.95. The minimum absolute atomic E-state index is 0.120. The van der Waals surface area contributed by atoms with Crippen LogP contribution in [0, 0.1) is 0 Å². The Labute approximate surface area is 69.6 Å². The van der Waals surface area contributed by atoms with Gasteiger partial charge in [0.15, 0.2) is 0 Å². The standard InChI is InChI=1S/C6H14N2O2Si/c1-7-6(9)8-4-3-5-11-10-2/h3-5H2,1-2H3,(H2,7,8,9). The number of nitrogens with one attached hydrogen (secondary N) is 2. The zero-order valence-electron chi connectivity index (χ0n) is 6.94. The first-order valence-electron chi connectivity index (χ1n) is 3.52. The molecule has 0 atom stereocenters. The summed E-state index contributed by atoms with van der Waals surface area (Å²) in [5, 5.41) is 5.17. The van der Waals surface area contributed by atoms with E-state index >= 15 is 0 Å². The van der Waals surface area contributed by atoms with E-state index in [9.17, 15) is 4.79 Å². The fourth-order valence-corrected chi connectivity index (χ4v) is 1.08. The molecule has 0 aliphatic rings. The van der Waals surface area contributed by atoms with Crippen molar-refractivity contribution in [2.75, 3.05) is 20.7 Å². The third kappa shape index (κ3) is 7.34. The van der Waals surface area contributed by atoms with Crippen LogP contribution in [0.5, 0.6) is 0 Å². The summed E-state index contributed by atoms with van der Waals surface area (Å²) in [6.45, 7) is 0.718. The maximum absolute atomic E-state index is 10.6. The first-order valence-corrected chi connectivity index (χ1v) is 4.64. The van der Waals surface area contributed by atoms with Gasteiger partial charge < -0.3 is 15.1 Å². The molecule has 0 bridgehead atoms. The van der Waals surface area contributed by atoms with E-state index in [-0.39, 0.29) is 6.03 Å². The average Bonchev–Trinajstić information content (AvgIpc) is 2.04. The van der Waals surface area contributed by atoms with E-state index in [0.29, 0.717) is 9.76 Å². The molecule has 0 aromatic heterocycles. The van der Waals surface area contributed by atoms with E-state index in [1.54, 1.807) is 14.2 Å². The van der Waals surface area contributed by atoms with Crippen molar-refractivity contribution in [2.24, 2.45) is 0 Å². The van der Waals surface area contributed by atoms with Gasteiger partial charge in [-0.05, 0) is 12.5 Å². The van der Waals surface area contributed by atoms with Gasteiger partial charge in [0.05, 0.1) is 0 Å². The lowest BCUT2D eigenvalue weighted by Gasteiger charge is -2.02. The maximum Gasteiger partial charge on any atom is 0.314 e. The van der Waals surface area contributed by atoms with Crippen LogP contribution in [0.1, 0.15) is 6.42 Å². The summed E-state index contributed by atoms with van der Waals surface area (Å²) in [4.78, 5) is 10.6. The van der Waals surface area contributed by atoms with Crippen molar-refractivity contribution in [3.63, 3.8) is 0 Å². The molecular weight excluding hydrogens is 160 g/mol. The number of urea groups is 1. The van der Waals surface area contributed by atoms with Crippen molar-refractivity contribution in [3.05, 3.63) is 0 Å². The second-order valence-corrected chi connectivity index (χ2v) is 3.15. The Hall–Kier alpha value is -0.553. The fraction of sp³-hybridized carbons (Fsp3) is 0.833. The van der Waals surface area contributed by atoms with Crippen molar-refractivity contribution in [1.82, 2.24) is 10.6 Å². The molecule has 0 aromatic carbocycles. The number of hydrogen-bond acceptors (Lipinski definition) is 2. The predicted molar refractivity (Wildman–Crippen MR) is 44.6 cm³/mol. The second-order valence-electron chi connectivity index (χ2n) is 1.96. The van der Waals surface area contributed by atoms with E-state index in [2.05, 4.69) is 10.6 Å². The van der Waals surface area contributed by atoms with Gasteiger partial charge in [0.1, 0.15) is 0 Å². The van der Waals surface area contributed by atoms with Crippen molar-refractivity contribution >= 4 is 15.8 Å². The summed E-state index contributed by atoms with van der Waals surface area (Å²) in [5.41, 5.74) is 0. The van der Waals surface area contributed by atoms with Crippen molar-refractivity contribution in [3.8, 4) is 0 Å². The molecule has 0 unspecified atom stereocenters. The highest BCUT2D eigenvalue weighted by atomic mass is 28.2. The fourth-order valence-electron chi connectivity index (χ4n) is 0.553. The number of carbonyl (C=O) groups is 1. The molecule has 11 heavy (non-hydrogen) atoms. The van der Waals surface area contributed by atoms with Crippen LogP contribution in [0.3, 0.4) is 0 Å². The summed E-state index contributed by atoms with van der Waals surface area (Å²) in [6, 6.07) is 0.895. The van der Waals surface area contributed by atoms with Gasteiger partial charge in [-0.15, -0.1) is 0 Å². The molecule has 2 radical (unpaired) electrons. The van der Waals surface area contributed by atoms with E-state index < -0.39 is 0 Å².